The third-order valence-electron chi connectivity index (χ3n) is 5.05. The molecule has 1 saturated heterocycles. The first-order valence-corrected chi connectivity index (χ1v) is 9.79. The number of anilines is 1. The molecular formula is C21H26ClN3O2. The lowest BCUT2D eigenvalue weighted by Gasteiger charge is -2.31. The van der Waals surface area contributed by atoms with Gasteiger partial charge >= 0.3 is 0 Å². The van der Waals surface area contributed by atoms with Gasteiger partial charge in [0.1, 0.15) is 0 Å². The molecule has 0 saturated carbocycles. The number of nitrogens with one attached hydrogen (secondary N) is 1. The maximum Gasteiger partial charge on any atom is 0.257 e. The zero-order valence-corrected chi connectivity index (χ0v) is 16.4. The predicted molar refractivity (Wildman–Crippen MR) is 108 cm³/mol. The van der Waals surface area contributed by atoms with Crippen molar-refractivity contribution in [1.82, 2.24) is 9.88 Å². The number of halogens is 1. The molecule has 0 atom stereocenters. The number of hydrogen-bond acceptors (Lipinski definition) is 4. The molecule has 0 aliphatic carbocycles. The van der Waals surface area contributed by atoms with Crippen molar-refractivity contribution in [3.05, 3.63) is 58.4 Å². The second-order valence-electron chi connectivity index (χ2n) is 7.12. The first-order valence-electron chi connectivity index (χ1n) is 9.42. The summed E-state index contributed by atoms with van der Waals surface area (Å²) in [5, 5.41) is 12.6. The van der Waals surface area contributed by atoms with Gasteiger partial charge in [0.05, 0.1) is 17.9 Å². The lowest BCUT2D eigenvalue weighted by atomic mass is 9.90. The fourth-order valence-corrected chi connectivity index (χ4v) is 3.76. The van der Waals surface area contributed by atoms with Crippen molar-refractivity contribution >= 4 is 23.2 Å². The molecule has 1 aromatic heterocycles. The molecule has 0 unspecified atom stereocenters. The van der Waals surface area contributed by atoms with Crippen molar-refractivity contribution < 1.29 is 9.90 Å². The number of likely N-dealkylation sites (tertiary alicyclic amines) is 1. The van der Waals surface area contributed by atoms with E-state index in [-0.39, 0.29) is 12.5 Å². The van der Waals surface area contributed by atoms with Gasteiger partial charge in [-0.1, -0.05) is 17.7 Å². The number of carbonyl (C=O) groups is 1. The largest absolute Gasteiger partial charge is 0.395 e. The van der Waals surface area contributed by atoms with Crippen molar-refractivity contribution in [3.8, 4) is 0 Å². The van der Waals surface area contributed by atoms with Crippen LogP contribution in [0.5, 0.6) is 0 Å². The summed E-state index contributed by atoms with van der Waals surface area (Å²) >= 11 is 6.01. The van der Waals surface area contributed by atoms with Crippen LogP contribution in [0.2, 0.25) is 5.02 Å². The van der Waals surface area contributed by atoms with Crippen LogP contribution in [0.15, 0.2) is 36.4 Å². The van der Waals surface area contributed by atoms with E-state index in [4.69, 9.17) is 16.7 Å². The first kappa shape index (κ1) is 19.8. The van der Waals surface area contributed by atoms with Crippen molar-refractivity contribution in [2.45, 2.75) is 26.2 Å². The number of aliphatic hydroxyl groups excluding tert-OH is 1. The van der Waals surface area contributed by atoms with E-state index in [1.165, 1.54) is 0 Å². The monoisotopic (exact) mass is 387 g/mol. The van der Waals surface area contributed by atoms with Crippen LogP contribution >= 0.6 is 11.6 Å². The summed E-state index contributed by atoms with van der Waals surface area (Å²) in [5.41, 5.74) is 3.08. The van der Waals surface area contributed by atoms with Gasteiger partial charge in [-0.05, 0) is 75.5 Å². The Balaban J connectivity index is 1.70. The Bertz CT molecular complexity index is 789. The highest BCUT2D eigenvalue weighted by Crippen LogP contribution is 2.23. The number of β-amino-alcohol motifs (C(OH)–C–C–N with tert-alkyl or cyclic N) is 1. The standard InChI is InChI=1S/C21H26ClN3O2/c1-15-5-6-19(21(27)24-18-4-2-3-17(22)14-18)20(23-15)13-16-7-9-25(10-8-16)11-12-26/h2-6,14,16,26H,7-13H2,1H3,(H,24,27). The minimum Gasteiger partial charge on any atom is -0.395 e. The molecule has 6 heteroatoms. The van der Waals surface area contributed by atoms with Gasteiger partial charge in [0.2, 0.25) is 0 Å². The average Bonchev–Trinajstić information content (AvgIpc) is 2.63. The van der Waals surface area contributed by atoms with Gasteiger partial charge < -0.3 is 15.3 Å². The average molecular weight is 388 g/mol. The molecule has 2 heterocycles. The fraction of sp³-hybridized carbons (Fsp3) is 0.429. The van der Waals surface area contributed by atoms with Crippen LogP contribution in [0.1, 0.15) is 34.6 Å². The van der Waals surface area contributed by atoms with Crippen molar-refractivity contribution in [1.29, 1.82) is 0 Å². The van der Waals surface area contributed by atoms with Gasteiger partial charge in [-0.2, -0.15) is 0 Å². The Labute approximate surface area is 165 Å². The fourth-order valence-electron chi connectivity index (χ4n) is 3.57. The van der Waals surface area contributed by atoms with Gasteiger partial charge in [-0.15, -0.1) is 0 Å². The highest BCUT2D eigenvalue weighted by molar-refractivity contribution is 6.31. The Morgan fingerprint density at radius 1 is 1.30 bits per heavy atom. The number of rotatable bonds is 6. The normalized spacial score (nSPS) is 15.7. The molecular weight excluding hydrogens is 362 g/mol. The van der Waals surface area contributed by atoms with E-state index in [1.54, 1.807) is 12.1 Å². The number of hydrogen-bond donors (Lipinski definition) is 2. The van der Waals surface area contributed by atoms with Crippen molar-refractivity contribution in [3.63, 3.8) is 0 Å². The summed E-state index contributed by atoms with van der Waals surface area (Å²) in [6.45, 7) is 4.87. The van der Waals surface area contributed by atoms with E-state index < -0.39 is 0 Å². The van der Waals surface area contributed by atoms with E-state index in [0.717, 1.165) is 50.3 Å². The summed E-state index contributed by atoms with van der Waals surface area (Å²) in [6.07, 6.45) is 2.92. The number of aliphatic hydroxyl groups is 1. The zero-order valence-electron chi connectivity index (χ0n) is 15.6. The Hall–Kier alpha value is -1.95. The first-order chi connectivity index (χ1) is 13.0. The minimum atomic E-state index is -0.155. The van der Waals surface area contributed by atoms with Crippen LogP contribution < -0.4 is 5.32 Å². The van der Waals surface area contributed by atoms with Gasteiger partial charge in [0.25, 0.3) is 5.91 Å². The lowest BCUT2D eigenvalue weighted by molar-refractivity contribution is 0.102. The zero-order chi connectivity index (χ0) is 19.2. The second-order valence-corrected chi connectivity index (χ2v) is 7.56. The van der Waals surface area contributed by atoms with Gasteiger partial charge in [0, 0.05) is 22.9 Å². The SMILES string of the molecule is Cc1ccc(C(=O)Nc2cccc(Cl)c2)c(CC2CCN(CCO)CC2)n1. The molecule has 0 radical (unpaired) electrons. The third kappa shape index (κ3) is 5.51. The highest BCUT2D eigenvalue weighted by atomic mass is 35.5. The Morgan fingerprint density at radius 3 is 2.78 bits per heavy atom. The van der Waals surface area contributed by atoms with E-state index in [9.17, 15) is 4.79 Å². The highest BCUT2D eigenvalue weighted by Gasteiger charge is 2.22. The molecule has 5 nitrogen and oxygen atoms in total. The van der Waals surface area contributed by atoms with Gasteiger partial charge in [0.15, 0.2) is 0 Å². The number of piperidine rings is 1. The smallest absolute Gasteiger partial charge is 0.257 e. The van der Waals surface area contributed by atoms with E-state index in [2.05, 4.69) is 15.2 Å². The Kier molecular flexibility index (Phi) is 6.83. The molecule has 1 fully saturated rings. The summed E-state index contributed by atoms with van der Waals surface area (Å²) < 4.78 is 0. The van der Waals surface area contributed by atoms with E-state index >= 15 is 0 Å². The molecule has 0 spiro atoms. The van der Waals surface area contributed by atoms with Gasteiger partial charge in [-0.3, -0.25) is 9.78 Å². The Morgan fingerprint density at radius 2 is 2.07 bits per heavy atom. The second kappa shape index (κ2) is 9.31. The number of aromatic nitrogens is 1. The molecule has 1 aromatic carbocycles. The number of benzene rings is 1. The van der Waals surface area contributed by atoms with Crippen molar-refractivity contribution in [2.24, 2.45) is 5.92 Å². The minimum absolute atomic E-state index is 0.155. The molecule has 2 aromatic rings. The van der Waals surface area contributed by atoms with Crippen LogP contribution in [0, 0.1) is 12.8 Å². The van der Waals surface area contributed by atoms with E-state index in [1.807, 2.05) is 31.2 Å². The van der Waals surface area contributed by atoms with E-state index in [0.29, 0.717) is 22.2 Å². The van der Waals surface area contributed by atoms with Crippen LogP contribution in [0.4, 0.5) is 5.69 Å². The summed E-state index contributed by atoms with van der Waals surface area (Å²) in [6, 6.07) is 10.9. The van der Waals surface area contributed by atoms with Gasteiger partial charge in [-0.25, -0.2) is 0 Å². The molecule has 27 heavy (non-hydrogen) atoms. The molecule has 3 rings (SSSR count). The number of pyridine rings is 1. The lowest BCUT2D eigenvalue weighted by Crippen LogP contribution is -2.36. The molecule has 144 valence electrons. The summed E-state index contributed by atoms with van der Waals surface area (Å²) in [4.78, 5) is 19.8. The van der Waals surface area contributed by atoms with Crippen LogP contribution in [-0.2, 0) is 6.42 Å². The van der Waals surface area contributed by atoms with Crippen LogP contribution in [0.25, 0.3) is 0 Å². The number of nitrogens with zero attached hydrogens (tertiary/aromatic N) is 2. The maximum absolute atomic E-state index is 12.8. The van der Waals surface area contributed by atoms with Crippen molar-refractivity contribution in [2.75, 3.05) is 31.6 Å². The maximum atomic E-state index is 12.8. The number of aryl methyl sites for hydroxylation is 1. The third-order valence-corrected chi connectivity index (χ3v) is 5.28. The topological polar surface area (TPSA) is 65.5 Å². The quantitative estimate of drug-likeness (QED) is 0.795. The predicted octanol–water partition coefficient (Wildman–Crippen LogP) is 3.54. The molecule has 1 amide bonds. The number of carbonyl (C=O) groups excluding carboxylic acids is 1. The van der Waals surface area contributed by atoms with Crippen LogP contribution in [-0.4, -0.2) is 47.1 Å². The molecule has 0 bridgehead atoms. The molecule has 1 aliphatic heterocycles. The molecule has 2 N–H and O–H groups in total. The van der Waals surface area contributed by atoms with Crippen LogP contribution in [0.3, 0.4) is 0 Å². The molecule has 1 aliphatic rings. The number of amides is 1. The summed E-state index contributed by atoms with van der Waals surface area (Å²) in [7, 11) is 0. The summed E-state index contributed by atoms with van der Waals surface area (Å²) in [5.74, 6) is 0.351.